The van der Waals surface area contributed by atoms with Crippen LogP contribution in [0.5, 0.6) is 0 Å². The molecule has 0 unspecified atom stereocenters. The normalized spacial score (nSPS) is 24.4. The Labute approximate surface area is 139 Å². The van der Waals surface area contributed by atoms with Gasteiger partial charge < -0.3 is 9.64 Å². The fraction of sp³-hybridized carbons (Fsp3) is 0.529. The Kier molecular flexibility index (Phi) is 4.18. The summed E-state index contributed by atoms with van der Waals surface area (Å²) >= 11 is 1.77. The number of nitrogens with zero attached hydrogens (tertiary/aromatic N) is 3. The first-order chi connectivity index (χ1) is 11.3. The fourth-order valence-corrected chi connectivity index (χ4v) is 4.49. The van der Waals surface area contributed by atoms with Crippen LogP contribution in [0.4, 0.5) is 0 Å². The predicted octanol–water partition coefficient (Wildman–Crippen LogP) is 2.81. The van der Waals surface area contributed by atoms with Crippen LogP contribution >= 0.6 is 11.3 Å². The molecule has 2 aliphatic rings. The van der Waals surface area contributed by atoms with Gasteiger partial charge in [-0.1, -0.05) is 0 Å². The molecule has 0 spiro atoms. The van der Waals surface area contributed by atoms with E-state index < -0.39 is 0 Å². The number of likely N-dealkylation sites (tertiary alicyclic amines) is 1. The van der Waals surface area contributed by atoms with Gasteiger partial charge in [-0.05, 0) is 35.9 Å². The van der Waals surface area contributed by atoms with Crippen molar-refractivity contribution in [1.82, 2.24) is 14.7 Å². The van der Waals surface area contributed by atoms with Crippen LogP contribution in [0.3, 0.4) is 0 Å². The van der Waals surface area contributed by atoms with E-state index in [1.165, 1.54) is 10.4 Å². The topological polar surface area (TPSA) is 47.4 Å². The first-order valence-corrected chi connectivity index (χ1v) is 9.14. The fourth-order valence-electron chi connectivity index (χ4n) is 3.57. The number of thiophene rings is 1. The molecule has 2 aromatic rings. The van der Waals surface area contributed by atoms with Gasteiger partial charge in [-0.15, -0.1) is 11.3 Å². The van der Waals surface area contributed by atoms with Crippen LogP contribution in [0.1, 0.15) is 41.8 Å². The molecule has 0 bridgehead atoms. The van der Waals surface area contributed by atoms with Crippen LogP contribution < -0.4 is 0 Å². The summed E-state index contributed by atoms with van der Waals surface area (Å²) in [6.45, 7) is 2.32. The number of carbonyl (C=O) groups excluding carboxylic acids is 1. The summed E-state index contributed by atoms with van der Waals surface area (Å²) in [4.78, 5) is 16.1. The average molecular weight is 331 g/mol. The summed E-state index contributed by atoms with van der Waals surface area (Å²) in [7, 11) is 0. The first kappa shape index (κ1) is 14.9. The summed E-state index contributed by atoms with van der Waals surface area (Å²) in [6, 6.07) is 4.35. The van der Waals surface area contributed by atoms with Gasteiger partial charge in [-0.3, -0.25) is 9.48 Å². The summed E-state index contributed by atoms with van der Waals surface area (Å²) in [6.07, 6.45) is 7.27. The molecular weight excluding hydrogens is 310 g/mol. The standard InChI is InChI=1S/C17H21N3O2S/c21-17(11-15-14-5-10-23-16(14)4-9-22-15)19-7-1-3-13(12-19)20-8-2-6-18-20/h2,5-6,8,10,13,15H,1,3-4,7,9,11-12H2/t13-,15+/m1/s1. The molecule has 0 aliphatic carbocycles. The lowest BCUT2D eigenvalue weighted by Crippen LogP contribution is -2.41. The highest BCUT2D eigenvalue weighted by Gasteiger charge is 2.29. The number of hydrogen-bond acceptors (Lipinski definition) is 4. The van der Waals surface area contributed by atoms with Crippen molar-refractivity contribution in [3.05, 3.63) is 40.3 Å². The maximum absolute atomic E-state index is 12.7. The van der Waals surface area contributed by atoms with E-state index in [9.17, 15) is 4.79 Å². The second kappa shape index (κ2) is 6.45. The number of piperidine rings is 1. The smallest absolute Gasteiger partial charge is 0.225 e. The second-order valence-electron chi connectivity index (χ2n) is 6.23. The van der Waals surface area contributed by atoms with Crippen LogP contribution in [0.25, 0.3) is 0 Å². The third kappa shape index (κ3) is 3.05. The maximum Gasteiger partial charge on any atom is 0.225 e. The molecule has 122 valence electrons. The number of carbonyl (C=O) groups is 1. The van der Waals surface area contributed by atoms with Crippen LogP contribution in [0.2, 0.25) is 0 Å². The van der Waals surface area contributed by atoms with Gasteiger partial charge in [0.1, 0.15) is 0 Å². The molecule has 1 amide bonds. The van der Waals surface area contributed by atoms with Crippen LogP contribution in [-0.2, 0) is 16.0 Å². The number of ether oxygens (including phenoxy) is 1. The van der Waals surface area contributed by atoms with Crippen molar-refractivity contribution in [1.29, 1.82) is 0 Å². The van der Waals surface area contributed by atoms with Crippen molar-refractivity contribution in [2.75, 3.05) is 19.7 Å². The van der Waals surface area contributed by atoms with Crippen molar-refractivity contribution in [2.45, 2.75) is 37.8 Å². The van der Waals surface area contributed by atoms with Crippen LogP contribution in [-0.4, -0.2) is 40.3 Å². The Morgan fingerprint density at radius 2 is 2.43 bits per heavy atom. The molecule has 0 aromatic carbocycles. The lowest BCUT2D eigenvalue weighted by atomic mass is 10.0. The SMILES string of the molecule is O=C(C[C@@H]1OCCc2sccc21)N1CCC[C@@H](n2cccn2)C1. The molecule has 5 nitrogen and oxygen atoms in total. The van der Waals surface area contributed by atoms with E-state index in [-0.39, 0.29) is 12.0 Å². The first-order valence-electron chi connectivity index (χ1n) is 8.26. The van der Waals surface area contributed by atoms with Crippen molar-refractivity contribution in [2.24, 2.45) is 0 Å². The van der Waals surface area contributed by atoms with Crippen molar-refractivity contribution < 1.29 is 9.53 Å². The van der Waals surface area contributed by atoms with Gasteiger partial charge in [0.05, 0.1) is 25.2 Å². The molecule has 0 saturated carbocycles. The molecule has 0 radical (unpaired) electrons. The number of amides is 1. The summed E-state index contributed by atoms with van der Waals surface area (Å²) in [5.41, 5.74) is 1.22. The highest BCUT2D eigenvalue weighted by atomic mass is 32.1. The predicted molar refractivity (Wildman–Crippen MR) is 88.4 cm³/mol. The zero-order chi connectivity index (χ0) is 15.6. The molecule has 1 saturated heterocycles. The van der Waals surface area contributed by atoms with Gasteiger partial charge in [0.2, 0.25) is 5.91 Å². The molecule has 2 aliphatic heterocycles. The Morgan fingerprint density at radius 1 is 1.48 bits per heavy atom. The minimum absolute atomic E-state index is 0.0671. The zero-order valence-corrected chi connectivity index (χ0v) is 13.9. The molecule has 6 heteroatoms. The number of hydrogen-bond donors (Lipinski definition) is 0. The molecule has 4 rings (SSSR count). The highest BCUT2D eigenvalue weighted by Crippen LogP contribution is 2.34. The molecule has 23 heavy (non-hydrogen) atoms. The lowest BCUT2D eigenvalue weighted by Gasteiger charge is -2.34. The Bertz CT molecular complexity index is 667. The van der Waals surface area contributed by atoms with Gasteiger partial charge in [0, 0.05) is 36.8 Å². The van der Waals surface area contributed by atoms with Gasteiger partial charge >= 0.3 is 0 Å². The molecule has 4 heterocycles. The quantitative estimate of drug-likeness (QED) is 0.869. The van der Waals surface area contributed by atoms with Gasteiger partial charge in [0.15, 0.2) is 0 Å². The summed E-state index contributed by atoms with van der Waals surface area (Å²) < 4.78 is 7.84. The highest BCUT2D eigenvalue weighted by molar-refractivity contribution is 7.10. The van der Waals surface area contributed by atoms with Crippen molar-refractivity contribution in [3.8, 4) is 0 Å². The molecule has 2 atom stereocenters. The Balaban J connectivity index is 1.42. The van der Waals surface area contributed by atoms with E-state index >= 15 is 0 Å². The maximum atomic E-state index is 12.7. The van der Waals surface area contributed by atoms with Crippen LogP contribution in [0.15, 0.2) is 29.9 Å². The monoisotopic (exact) mass is 331 g/mol. The third-order valence-corrected chi connectivity index (χ3v) is 5.78. The minimum atomic E-state index is -0.0671. The van der Waals surface area contributed by atoms with E-state index in [1.807, 2.05) is 21.8 Å². The van der Waals surface area contributed by atoms with Gasteiger partial charge in [-0.2, -0.15) is 5.10 Å². The van der Waals surface area contributed by atoms with E-state index in [1.54, 1.807) is 17.5 Å². The van der Waals surface area contributed by atoms with Gasteiger partial charge in [0.25, 0.3) is 0 Å². The average Bonchev–Trinajstić information content (AvgIpc) is 3.27. The third-order valence-electron chi connectivity index (χ3n) is 4.78. The molecule has 1 fully saturated rings. The Hall–Kier alpha value is -1.66. The van der Waals surface area contributed by atoms with E-state index in [0.29, 0.717) is 12.5 Å². The van der Waals surface area contributed by atoms with E-state index in [0.717, 1.165) is 39.0 Å². The second-order valence-corrected chi connectivity index (χ2v) is 7.24. The number of aromatic nitrogens is 2. The van der Waals surface area contributed by atoms with Crippen LogP contribution in [0, 0.1) is 0 Å². The Morgan fingerprint density at radius 3 is 3.30 bits per heavy atom. The van der Waals surface area contributed by atoms with E-state index in [4.69, 9.17) is 4.74 Å². The number of rotatable bonds is 3. The molecule has 2 aromatic heterocycles. The van der Waals surface area contributed by atoms with Crippen molar-refractivity contribution >= 4 is 17.2 Å². The summed E-state index contributed by atoms with van der Waals surface area (Å²) in [5, 5.41) is 6.43. The largest absolute Gasteiger partial charge is 0.373 e. The lowest BCUT2D eigenvalue weighted by molar-refractivity contribution is -0.136. The van der Waals surface area contributed by atoms with Gasteiger partial charge in [-0.25, -0.2) is 0 Å². The minimum Gasteiger partial charge on any atom is -0.373 e. The van der Waals surface area contributed by atoms with Crippen molar-refractivity contribution in [3.63, 3.8) is 0 Å². The molecular formula is C17H21N3O2S. The summed E-state index contributed by atoms with van der Waals surface area (Å²) in [5.74, 6) is 0.200. The number of fused-ring (bicyclic) bond motifs is 1. The zero-order valence-electron chi connectivity index (χ0n) is 13.1. The molecule has 0 N–H and O–H groups in total. The van der Waals surface area contributed by atoms with E-state index in [2.05, 4.69) is 16.5 Å².